The first-order chi connectivity index (χ1) is 11.5. The molecule has 24 heavy (non-hydrogen) atoms. The molecule has 0 bridgehead atoms. The molecule has 0 aliphatic carbocycles. The van der Waals surface area contributed by atoms with Gasteiger partial charge in [-0.1, -0.05) is 0 Å². The standard InChI is InChI=1S/C18H20N2O3S/c1-12(24-17-10-8-16(23-3)9-11-17)18(22)20-15-6-4-14(5-7-15)19-13(2)21/h4-12H,1-3H3,(H,19,21)(H,20,22)/t12-/m0/s1. The molecule has 2 amide bonds. The lowest BCUT2D eigenvalue weighted by atomic mass is 10.2. The number of carbonyl (C=O) groups is 2. The maximum Gasteiger partial charge on any atom is 0.237 e. The molecule has 0 aliphatic rings. The second kappa shape index (κ2) is 8.40. The maximum absolute atomic E-state index is 12.3. The van der Waals surface area contributed by atoms with E-state index in [1.807, 2.05) is 31.2 Å². The van der Waals surface area contributed by atoms with Crippen LogP contribution in [0.3, 0.4) is 0 Å². The van der Waals surface area contributed by atoms with Crippen LogP contribution in [-0.2, 0) is 9.59 Å². The molecule has 126 valence electrons. The summed E-state index contributed by atoms with van der Waals surface area (Å²) in [6.07, 6.45) is 0. The third-order valence-electron chi connectivity index (χ3n) is 3.21. The van der Waals surface area contributed by atoms with E-state index in [2.05, 4.69) is 10.6 Å². The lowest BCUT2D eigenvalue weighted by Crippen LogP contribution is -2.22. The Bertz CT molecular complexity index is 699. The van der Waals surface area contributed by atoms with Crippen molar-refractivity contribution in [3.63, 3.8) is 0 Å². The first kappa shape index (κ1) is 17.9. The number of hydrogen-bond acceptors (Lipinski definition) is 4. The number of anilines is 2. The quantitative estimate of drug-likeness (QED) is 0.783. The number of ether oxygens (including phenoxy) is 1. The highest BCUT2D eigenvalue weighted by atomic mass is 32.2. The molecule has 0 aromatic heterocycles. The second-order valence-corrected chi connectivity index (χ2v) is 6.60. The molecule has 0 spiro atoms. The molecule has 2 aromatic rings. The van der Waals surface area contributed by atoms with E-state index in [1.54, 1.807) is 31.4 Å². The van der Waals surface area contributed by atoms with Gasteiger partial charge in [-0.2, -0.15) is 0 Å². The van der Waals surface area contributed by atoms with Gasteiger partial charge in [0.1, 0.15) is 5.75 Å². The van der Waals surface area contributed by atoms with Gasteiger partial charge in [0.05, 0.1) is 12.4 Å². The average molecular weight is 344 g/mol. The average Bonchev–Trinajstić information content (AvgIpc) is 2.56. The van der Waals surface area contributed by atoms with Crippen molar-refractivity contribution in [1.82, 2.24) is 0 Å². The Labute approximate surface area is 145 Å². The fourth-order valence-electron chi connectivity index (χ4n) is 2.00. The van der Waals surface area contributed by atoms with Gasteiger partial charge in [0.15, 0.2) is 0 Å². The lowest BCUT2D eigenvalue weighted by Gasteiger charge is -2.13. The van der Waals surface area contributed by atoms with Crippen molar-refractivity contribution in [2.75, 3.05) is 17.7 Å². The van der Waals surface area contributed by atoms with Crippen LogP contribution in [0.1, 0.15) is 13.8 Å². The highest BCUT2D eigenvalue weighted by Gasteiger charge is 2.14. The van der Waals surface area contributed by atoms with Crippen LogP contribution in [0.2, 0.25) is 0 Å². The molecule has 6 heteroatoms. The number of methoxy groups -OCH3 is 1. The summed E-state index contributed by atoms with van der Waals surface area (Å²) in [6.45, 7) is 3.31. The van der Waals surface area contributed by atoms with Gasteiger partial charge in [0.2, 0.25) is 11.8 Å². The van der Waals surface area contributed by atoms with E-state index in [9.17, 15) is 9.59 Å². The third-order valence-corrected chi connectivity index (χ3v) is 4.33. The number of nitrogens with one attached hydrogen (secondary N) is 2. The van der Waals surface area contributed by atoms with Crippen LogP contribution >= 0.6 is 11.8 Å². The Morgan fingerprint density at radius 3 is 2.00 bits per heavy atom. The fraction of sp³-hybridized carbons (Fsp3) is 0.222. The number of thioether (sulfide) groups is 1. The minimum Gasteiger partial charge on any atom is -0.497 e. The zero-order chi connectivity index (χ0) is 17.5. The molecule has 0 saturated heterocycles. The molecule has 0 fully saturated rings. The van der Waals surface area contributed by atoms with Crippen LogP contribution in [0.15, 0.2) is 53.4 Å². The van der Waals surface area contributed by atoms with E-state index < -0.39 is 0 Å². The zero-order valence-electron chi connectivity index (χ0n) is 13.8. The highest BCUT2D eigenvalue weighted by molar-refractivity contribution is 8.00. The Balaban J connectivity index is 1.91. The molecular weight excluding hydrogens is 324 g/mol. The normalized spacial score (nSPS) is 11.5. The Hall–Kier alpha value is -2.47. The van der Waals surface area contributed by atoms with E-state index in [1.165, 1.54) is 18.7 Å². The predicted octanol–water partition coefficient (Wildman–Crippen LogP) is 3.77. The number of carbonyl (C=O) groups excluding carboxylic acids is 2. The second-order valence-electron chi connectivity index (χ2n) is 5.18. The summed E-state index contributed by atoms with van der Waals surface area (Å²) in [5.41, 5.74) is 1.39. The van der Waals surface area contributed by atoms with Crippen LogP contribution in [0.5, 0.6) is 5.75 Å². The predicted molar refractivity (Wildman–Crippen MR) is 97.7 cm³/mol. The fourth-order valence-corrected chi connectivity index (χ4v) is 2.86. The number of amides is 2. The van der Waals surface area contributed by atoms with Crippen molar-refractivity contribution in [2.45, 2.75) is 24.0 Å². The summed E-state index contributed by atoms with van der Waals surface area (Å²) < 4.78 is 5.12. The molecule has 0 saturated carbocycles. The Morgan fingerprint density at radius 2 is 1.50 bits per heavy atom. The van der Waals surface area contributed by atoms with Crippen LogP contribution in [0, 0.1) is 0 Å². The van der Waals surface area contributed by atoms with Crippen LogP contribution in [0.25, 0.3) is 0 Å². The number of benzene rings is 2. The van der Waals surface area contributed by atoms with Gasteiger partial charge in [-0.3, -0.25) is 9.59 Å². The first-order valence-electron chi connectivity index (χ1n) is 7.47. The van der Waals surface area contributed by atoms with Gasteiger partial charge in [-0.15, -0.1) is 11.8 Å². The summed E-state index contributed by atoms with van der Waals surface area (Å²) in [4.78, 5) is 24.3. The van der Waals surface area contributed by atoms with E-state index in [0.29, 0.717) is 11.4 Å². The molecule has 0 unspecified atom stereocenters. The van der Waals surface area contributed by atoms with Crippen molar-refractivity contribution >= 4 is 35.0 Å². The molecule has 1 atom stereocenters. The number of hydrogen-bond donors (Lipinski definition) is 2. The topological polar surface area (TPSA) is 67.4 Å². The van der Waals surface area contributed by atoms with Crippen molar-refractivity contribution in [1.29, 1.82) is 0 Å². The SMILES string of the molecule is COc1ccc(S[C@@H](C)C(=O)Nc2ccc(NC(C)=O)cc2)cc1. The van der Waals surface area contributed by atoms with Crippen LogP contribution < -0.4 is 15.4 Å². The van der Waals surface area contributed by atoms with Gasteiger partial charge in [-0.25, -0.2) is 0 Å². The first-order valence-corrected chi connectivity index (χ1v) is 8.35. The third kappa shape index (κ3) is 5.31. The van der Waals surface area contributed by atoms with Gasteiger partial charge in [0.25, 0.3) is 0 Å². The summed E-state index contributed by atoms with van der Waals surface area (Å²) in [6, 6.07) is 14.6. The van der Waals surface area contributed by atoms with Gasteiger partial charge < -0.3 is 15.4 Å². The maximum atomic E-state index is 12.3. The summed E-state index contributed by atoms with van der Waals surface area (Å²) in [7, 11) is 1.62. The minimum absolute atomic E-state index is 0.0805. The van der Waals surface area contributed by atoms with Gasteiger partial charge in [0, 0.05) is 23.2 Å². The molecule has 0 radical (unpaired) electrons. The van der Waals surface area contributed by atoms with E-state index in [-0.39, 0.29) is 17.1 Å². The highest BCUT2D eigenvalue weighted by Crippen LogP contribution is 2.26. The molecular formula is C18H20N2O3S. The zero-order valence-corrected chi connectivity index (χ0v) is 14.6. The van der Waals surface area contributed by atoms with E-state index >= 15 is 0 Å². The minimum atomic E-state index is -0.242. The van der Waals surface area contributed by atoms with Crippen molar-refractivity contribution in [3.8, 4) is 5.75 Å². The summed E-state index contributed by atoms with van der Waals surface area (Å²) in [5, 5.41) is 5.31. The molecule has 0 aliphatic heterocycles. The summed E-state index contributed by atoms with van der Waals surface area (Å²) in [5.74, 6) is 0.579. The van der Waals surface area contributed by atoms with Crippen LogP contribution in [0.4, 0.5) is 11.4 Å². The van der Waals surface area contributed by atoms with Crippen molar-refractivity contribution in [3.05, 3.63) is 48.5 Å². The van der Waals surface area contributed by atoms with E-state index in [4.69, 9.17) is 4.74 Å². The summed E-state index contributed by atoms with van der Waals surface area (Å²) >= 11 is 1.48. The molecule has 2 rings (SSSR count). The van der Waals surface area contributed by atoms with Gasteiger partial charge in [-0.05, 0) is 55.5 Å². The van der Waals surface area contributed by atoms with Gasteiger partial charge >= 0.3 is 0 Å². The van der Waals surface area contributed by atoms with Crippen molar-refractivity contribution < 1.29 is 14.3 Å². The molecule has 0 heterocycles. The molecule has 2 aromatic carbocycles. The molecule has 5 nitrogen and oxygen atoms in total. The monoisotopic (exact) mass is 344 g/mol. The van der Waals surface area contributed by atoms with E-state index in [0.717, 1.165) is 10.6 Å². The van der Waals surface area contributed by atoms with Crippen LogP contribution in [-0.4, -0.2) is 24.2 Å². The smallest absolute Gasteiger partial charge is 0.237 e. The Kier molecular flexibility index (Phi) is 6.26. The largest absolute Gasteiger partial charge is 0.497 e. The number of rotatable bonds is 6. The van der Waals surface area contributed by atoms with Crippen molar-refractivity contribution in [2.24, 2.45) is 0 Å². The lowest BCUT2D eigenvalue weighted by molar-refractivity contribution is -0.115. The molecule has 2 N–H and O–H groups in total. The Morgan fingerprint density at radius 1 is 0.958 bits per heavy atom.